The Kier molecular flexibility index (Phi) is 2.79. The molecule has 2 unspecified atom stereocenters. The second kappa shape index (κ2) is 4.24. The Morgan fingerprint density at radius 1 is 1.27 bits per heavy atom. The van der Waals surface area contributed by atoms with Gasteiger partial charge in [0.15, 0.2) is 11.2 Å². The van der Waals surface area contributed by atoms with E-state index in [9.17, 15) is 0 Å². The normalized spacial score (nSPS) is 23.7. The van der Waals surface area contributed by atoms with Crippen LogP contribution in [0, 0.1) is 6.57 Å². The fraction of sp³-hybridized carbons (Fsp3) is 0.182. The van der Waals surface area contributed by atoms with Crippen molar-refractivity contribution in [3.05, 3.63) is 53.4 Å². The van der Waals surface area contributed by atoms with Crippen molar-refractivity contribution in [2.24, 2.45) is 10.2 Å². The van der Waals surface area contributed by atoms with Crippen LogP contribution in [0.4, 0.5) is 5.69 Å². The smallest absolute Gasteiger partial charge is 0.187 e. The Morgan fingerprint density at radius 2 is 2.13 bits per heavy atom. The molecule has 0 aromatic heterocycles. The highest BCUT2D eigenvalue weighted by Crippen LogP contribution is 2.27. The molecular weight excluding hydrogens is 210 g/mol. The first-order chi connectivity index (χ1) is 7.29. The van der Waals surface area contributed by atoms with Crippen molar-refractivity contribution in [2.45, 2.75) is 11.5 Å². The molecule has 0 amide bonds. The van der Waals surface area contributed by atoms with Crippen molar-refractivity contribution in [3.8, 4) is 0 Å². The van der Waals surface area contributed by atoms with Crippen LogP contribution in [0.15, 0.2) is 46.6 Å². The summed E-state index contributed by atoms with van der Waals surface area (Å²) in [6.45, 7) is 6.92. The highest BCUT2D eigenvalue weighted by Gasteiger charge is 2.12. The molecule has 1 aliphatic heterocycles. The maximum atomic E-state index is 6.92. The summed E-state index contributed by atoms with van der Waals surface area (Å²) in [7, 11) is 0. The lowest BCUT2D eigenvalue weighted by molar-refractivity contribution is 0.757. The van der Waals surface area contributed by atoms with E-state index >= 15 is 0 Å². The van der Waals surface area contributed by atoms with Crippen molar-refractivity contribution in [1.29, 1.82) is 0 Å². The van der Waals surface area contributed by atoms with Crippen LogP contribution < -0.4 is 0 Å². The van der Waals surface area contributed by atoms with Gasteiger partial charge in [-0.15, -0.1) is 0 Å². The average molecular weight is 218 g/mol. The van der Waals surface area contributed by atoms with E-state index in [1.807, 2.05) is 24.3 Å². The second-order valence-electron chi connectivity index (χ2n) is 3.14. The van der Waals surface area contributed by atoms with E-state index in [0.717, 1.165) is 5.56 Å². The predicted molar refractivity (Wildman–Crippen MR) is 59.1 cm³/mol. The number of rotatable bonds is 1. The lowest BCUT2D eigenvalue weighted by Crippen LogP contribution is -1.99. The molecule has 0 saturated heterocycles. The summed E-state index contributed by atoms with van der Waals surface area (Å²) in [4.78, 5) is 3.37. The van der Waals surface area contributed by atoms with Gasteiger partial charge in [0.05, 0.1) is 6.57 Å². The third kappa shape index (κ3) is 2.23. The summed E-state index contributed by atoms with van der Waals surface area (Å²) in [5, 5.41) is 7.93. The van der Waals surface area contributed by atoms with E-state index in [-0.39, 0.29) is 11.5 Å². The van der Waals surface area contributed by atoms with Crippen LogP contribution in [-0.2, 0) is 0 Å². The van der Waals surface area contributed by atoms with Crippen LogP contribution in [0.5, 0.6) is 0 Å². The average Bonchev–Trinajstić information content (AvgIpc) is 2.30. The molecule has 0 N–H and O–H groups in total. The topological polar surface area (TPSA) is 29.1 Å². The Morgan fingerprint density at radius 3 is 2.80 bits per heavy atom. The molecular formula is C11H8ClN3. The fourth-order valence-electron chi connectivity index (χ4n) is 1.37. The molecule has 0 saturated carbocycles. The second-order valence-corrected chi connectivity index (χ2v) is 3.59. The highest BCUT2D eigenvalue weighted by molar-refractivity contribution is 6.21. The molecule has 4 heteroatoms. The Balaban J connectivity index is 2.28. The summed E-state index contributed by atoms with van der Waals surface area (Å²) in [6, 6.07) is 7.25. The third-order valence-corrected chi connectivity index (χ3v) is 2.33. The van der Waals surface area contributed by atoms with Crippen LogP contribution in [0.3, 0.4) is 0 Å². The molecule has 74 valence electrons. The SMILES string of the molecule is [C-]#[N+]c1cccc(C2C=CC(Cl)N=N2)c1. The summed E-state index contributed by atoms with van der Waals surface area (Å²) in [5.74, 6) is 0. The zero-order chi connectivity index (χ0) is 10.7. The van der Waals surface area contributed by atoms with Gasteiger partial charge in [-0.3, -0.25) is 0 Å². The summed E-state index contributed by atoms with van der Waals surface area (Å²) in [5.41, 5.74) is 1.22. The summed E-state index contributed by atoms with van der Waals surface area (Å²) in [6.07, 6.45) is 3.69. The molecule has 2 rings (SSSR count). The number of nitrogens with zero attached hydrogens (tertiary/aromatic N) is 3. The molecule has 0 bridgehead atoms. The maximum Gasteiger partial charge on any atom is 0.187 e. The number of halogens is 1. The van der Waals surface area contributed by atoms with Crippen molar-refractivity contribution in [1.82, 2.24) is 0 Å². The zero-order valence-corrected chi connectivity index (χ0v) is 8.59. The molecule has 3 nitrogen and oxygen atoms in total. The van der Waals surface area contributed by atoms with Gasteiger partial charge in [-0.05, 0) is 11.6 Å². The summed E-state index contributed by atoms with van der Waals surface area (Å²) >= 11 is 5.73. The van der Waals surface area contributed by atoms with Gasteiger partial charge in [-0.1, -0.05) is 41.9 Å². The number of alkyl halides is 1. The minimum Gasteiger partial charge on any atom is -0.238 e. The molecule has 15 heavy (non-hydrogen) atoms. The van der Waals surface area contributed by atoms with Gasteiger partial charge in [-0.2, -0.15) is 10.2 Å². The Labute approximate surface area is 92.9 Å². The first kappa shape index (κ1) is 9.88. The highest BCUT2D eigenvalue weighted by atomic mass is 35.5. The first-order valence-corrected chi connectivity index (χ1v) is 4.93. The molecule has 0 spiro atoms. The van der Waals surface area contributed by atoms with Gasteiger partial charge in [0, 0.05) is 0 Å². The predicted octanol–water partition coefficient (Wildman–Crippen LogP) is 3.87. The first-order valence-electron chi connectivity index (χ1n) is 4.49. The molecule has 1 heterocycles. The van der Waals surface area contributed by atoms with E-state index < -0.39 is 0 Å². The number of benzene rings is 1. The minimum absolute atomic E-state index is 0.110. The number of hydrogen-bond donors (Lipinski definition) is 0. The van der Waals surface area contributed by atoms with E-state index in [1.54, 1.807) is 12.1 Å². The van der Waals surface area contributed by atoms with Crippen molar-refractivity contribution < 1.29 is 0 Å². The van der Waals surface area contributed by atoms with Gasteiger partial charge < -0.3 is 0 Å². The quantitative estimate of drug-likeness (QED) is 0.296. The van der Waals surface area contributed by atoms with E-state index in [1.165, 1.54) is 0 Å². The van der Waals surface area contributed by atoms with E-state index in [4.69, 9.17) is 18.2 Å². The molecule has 1 aromatic rings. The van der Waals surface area contributed by atoms with Crippen molar-refractivity contribution >= 4 is 17.3 Å². The van der Waals surface area contributed by atoms with Gasteiger partial charge in [0.1, 0.15) is 6.04 Å². The van der Waals surface area contributed by atoms with Gasteiger partial charge in [0.2, 0.25) is 0 Å². The lowest BCUT2D eigenvalue weighted by Gasteiger charge is -2.11. The Bertz CT molecular complexity index is 445. The van der Waals surface area contributed by atoms with Crippen LogP contribution >= 0.6 is 11.6 Å². The van der Waals surface area contributed by atoms with Crippen LogP contribution in [0.2, 0.25) is 0 Å². The molecule has 0 radical (unpaired) electrons. The maximum absolute atomic E-state index is 6.92. The molecule has 1 aromatic carbocycles. The van der Waals surface area contributed by atoms with Gasteiger partial charge in [0.25, 0.3) is 0 Å². The van der Waals surface area contributed by atoms with Crippen LogP contribution in [0.1, 0.15) is 11.6 Å². The Hall–Kier alpha value is -1.66. The molecule has 1 aliphatic rings. The molecule has 0 fully saturated rings. The zero-order valence-electron chi connectivity index (χ0n) is 7.84. The van der Waals surface area contributed by atoms with Gasteiger partial charge in [-0.25, -0.2) is 4.85 Å². The van der Waals surface area contributed by atoms with E-state index in [2.05, 4.69) is 15.1 Å². The van der Waals surface area contributed by atoms with E-state index in [0.29, 0.717) is 5.69 Å². The van der Waals surface area contributed by atoms with Gasteiger partial charge >= 0.3 is 0 Å². The largest absolute Gasteiger partial charge is 0.238 e. The monoisotopic (exact) mass is 217 g/mol. The van der Waals surface area contributed by atoms with Crippen molar-refractivity contribution in [3.63, 3.8) is 0 Å². The summed E-state index contributed by atoms with van der Waals surface area (Å²) < 4.78 is 0. The van der Waals surface area contributed by atoms with Crippen LogP contribution in [-0.4, -0.2) is 5.50 Å². The van der Waals surface area contributed by atoms with Crippen LogP contribution in [0.25, 0.3) is 4.85 Å². The lowest BCUT2D eigenvalue weighted by atomic mass is 10.1. The molecule has 0 aliphatic carbocycles. The van der Waals surface area contributed by atoms with Crippen molar-refractivity contribution in [2.75, 3.05) is 0 Å². The molecule has 2 atom stereocenters. The number of hydrogen-bond acceptors (Lipinski definition) is 2. The minimum atomic E-state index is -0.356. The fourth-order valence-corrected chi connectivity index (χ4v) is 1.50. The standard InChI is InChI=1S/C11H8ClN3/c1-13-9-4-2-3-8(7-9)10-5-6-11(12)15-14-10/h2-7,10-11H. The number of azo groups is 1. The third-order valence-electron chi connectivity index (χ3n) is 2.09.